The van der Waals surface area contributed by atoms with Crippen molar-refractivity contribution in [2.45, 2.75) is 25.3 Å². The number of carbonyl (C=O) groups is 2. The minimum absolute atomic E-state index is 0.0148. The Hall–Kier alpha value is -2.68. The number of nitrogens with one attached hydrogen (secondary N) is 1. The smallest absolute Gasteiger partial charge is 0.246 e. The number of halogens is 1. The number of carbonyl (C=O) groups excluding carboxylic acids is 2. The molecule has 0 atom stereocenters. The number of nitriles is 1. The third-order valence-corrected chi connectivity index (χ3v) is 3.70. The van der Waals surface area contributed by atoms with Crippen LogP contribution in [0.4, 0.5) is 4.39 Å². The Morgan fingerprint density at radius 3 is 2.57 bits per heavy atom. The van der Waals surface area contributed by atoms with Crippen LogP contribution in [0.25, 0.3) is 6.08 Å². The fraction of sp³-hybridized carbons (Fsp3) is 0.353. The molecule has 0 spiro atoms. The fourth-order valence-electron chi connectivity index (χ4n) is 2.44. The van der Waals surface area contributed by atoms with Crippen LogP contribution in [0.2, 0.25) is 0 Å². The molecule has 1 aliphatic rings. The number of nitrogens with zero attached hydrogens (tertiary/aromatic N) is 2. The Kier molecular flexibility index (Phi) is 5.87. The molecular formula is C17H18FN3O2. The molecule has 120 valence electrons. The third-order valence-electron chi connectivity index (χ3n) is 3.70. The van der Waals surface area contributed by atoms with E-state index in [1.807, 2.05) is 6.07 Å². The number of piperidine rings is 1. The summed E-state index contributed by atoms with van der Waals surface area (Å²) in [5.41, 5.74) is 0.762. The molecule has 1 heterocycles. The molecule has 0 bridgehead atoms. The van der Waals surface area contributed by atoms with E-state index >= 15 is 0 Å². The van der Waals surface area contributed by atoms with Crippen LogP contribution in [0.15, 0.2) is 30.3 Å². The van der Waals surface area contributed by atoms with Gasteiger partial charge in [0.1, 0.15) is 12.2 Å². The number of likely N-dealkylation sites (tertiary alicyclic amines) is 1. The van der Waals surface area contributed by atoms with Gasteiger partial charge in [0.2, 0.25) is 11.8 Å². The molecule has 0 aromatic heterocycles. The molecular weight excluding hydrogens is 297 g/mol. The number of hydrogen-bond acceptors (Lipinski definition) is 3. The van der Waals surface area contributed by atoms with Crippen LogP contribution >= 0.6 is 0 Å². The molecule has 0 unspecified atom stereocenters. The zero-order valence-electron chi connectivity index (χ0n) is 12.7. The predicted octanol–water partition coefficient (Wildman–Crippen LogP) is 1.86. The number of benzene rings is 1. The zero-order chi connectivity index (χ0) is 16.7. The molecule has 1 N–H and O–H groups in total. The van der Waals surface area contributed by atoms with Gasteiger partial charge < -0.3 is 10.2 Å². The average Bonchev–Trinajstić information content (AvgIpc) is 2.55. The van der Waals surface area contributed by atoms with Crippen LogP contribution in [-0.4, -0.2) is 35.8 Å². The Bertz CT molecular complexity index is 626. The molecule has 0 saturated carbocycles. The van der Waals surface area contributed by atoms with Gasteiger partial charge in [-0.1, -0.05) is 12.1 Å². The second kappa shape index (κ2) is 8.08. The second-order valence-corrected chi connectivity index (χ2v) is 5.39. The fourth-order valence-corrected chi connectivity index (χ4v) is 2.44. The van der Waals surface area contributed by atoms with E-state index < -0.39 is 0 Å². The van der Waals surface area contributed by atoms with E-state index in [1.165, 1.54) is 18.2 Å². The van der Waals surface area contributed by atoms with Crippen molar-refractivity contribution in [1.82, 2.24) is 10.2 Å². The van der Waals surface area contributed by atoms with Crippen LogP contribution in [0, 0.1) is 17.1 Å². The molecule has 1 aliphatic heterocycles. The van der Waals surface area contributed by atoms with Crippen LogP contribution < -0.4 is 5.32 Å². The summed E-state index contributed by atoms with van der Waals surface area (Å²) in [5.74, 6) is -0.682. The summed E-state index contributed by atoms with van der Waals surface area (Å²) in [7, 11) is 0. The maximum Gasteiger partial charge on any atom is 0.246 e. The van der Waals surface area contributed by atoms with Gasteiger partial charge in [0.15, 0.2) is 0 Å². The maximum absolute atomic E-state index is 12.8. The lowest BCUT2D eigenvalue weighted by molar-refractivity contribution is -0.127. The summed E-state index contributed by atoms with van der Waals surface area (Å²) in [6.45, 7) is 1.12. The Morgan fingerprint density at radius 2 is 1.96 bits per heavy atom. The lowest BCUT2D eigenvalue weighted by atomic mass is 10.0. The highest BCUT2D eigenvalue weighted by atomic mass is 19.1. The standard InChI is InChI=1S/C17H18FN3O2/c18-14-4-1-13(2-5-14)3-6-17(23)21-11-8-15(9-12-21)20-16(22)7-10-19/h1-6,15H,7-9,11-12H2,(H,20,22)/b6-3+. The van der Waals surface area contributed by atoms with Crippen molar-refractivity contribution in [3.8, 4) is 6.07 Å². The maximum atomic E-state index is 12.8. The Labute approximate surface area is 134 Å². The molecule has 2 amide bonds. The van der Waals surface area contributed by atoms with Crippen LogP contribution in [0.1, 0.15) is 24.8 Å². The van der Waals surface area contributed by atoms with Crippen molar-refractivity contribution in [3.63, 3.8) is 0 Å². The molecule has 1 aromatic carbocycles. The molecule has 1 aromatic rings. The summed E-state index contributed by atoms with van der Waals surface area (Å²) in [6.07, 6.45) is 4.34. The van der Waals surface area contributed by atoms with Gasteiger partial charge in [-0.25, -0.2) is 4.39 Å². The highest BCUT2D eigenvalue weighted by molar-refractivity contribution is 5.91. The van der Waals surface area contributed by atoms with E-state index in [2.05, 4.69) is 5.32 Å². The van der Waals surface area contributed by atoms with Crippen LogP contribution in [-0.2, 0) is 9.59 Å². The lowest BCUT2D eigenvalue weighted by Crippen LogP contribution is -2.46. The molecule has 1 fully saturated rings. The summed E-state index contributed by atoms with van der Waals surface area (Å²) < 4.78 is 12.8. The van der Waals surface area contributed by atoms with Crippen molar-refractivity contribution in [1.29, 1.82) is 5.26 Å². The van der Waals surface area contributed by atoms with Gasteiger partial charge in [-0.2, -0.15) is 5.26 Å². The molecule has 1 saturated heterocycles. The average molecular weight is 315 g/mol. The highest BCUT2D eigenvalue weighted by Gasteiger charge is 2.22. The van der Waals surface area contributed by atoms with E-state index in [0.717, 1.165) is 5.56 Å². The number of amides is 2. The third kappa shape index (κ3) is 5.22. The van der Waals surface area contributed by atoms with Crippen LogP contribution in [0.5, 0.6) is 0 Å². The Morgan fingerprint density at radius 1 is 1.30 bits per heavy atom. The first-order valence-corrected chi connectivity index (χ1v) is 7.47. The summed E-state index contributed by atoms with van der Waals surface area (Å²) in [6, 6.07) is 7.73. The lowest BCUT2D eigenvalue weighted by Gasteiger charge is -2.31. The molecule has 2 rings (SSSR count). The first-order chi connectivity index (χ1) is 11.1. The van der Waals surface area contributed by atoms with E-state index in [1.54, 1.807) is 23.1 Å². The van der Waals surface area contributed by atoms with Gasteiger partial charge in [0.05, 0.1) is 6.07 Å². The van der Waals surface area contributed by atoms with Gasteiger partial charge in [-0.05, 0) is 36.6 Å². The van der Waals surface area contributed by atoms with E-state index in [9.17, 15) is 14.0 Å². The van der Waals surface area contributed by atoms with Gasteiger partial charge >= 0.3 is 0 Å². The first-order valence-electron chi connectivity index (χ1n) is 7.47. The molecule has 23 heavy (non-hydrogen) atoms. The normalized spacial score (nSPS) is 15.4. The zero-order valence-corrected chi connectivity index (χ0v) is 12.7. The Balaban J connectivity index is 1.80. The summed E-state index contributed by atoms with van der Waals surface area (Å²) in [4.78, 5) is 25.2. The molecule has 5 nitrogen and oxygen atoms in total. The largest absolute Gasteiger partial charge is 0.352 e. The summed E-state index contributed by atoms with van der Waals surface area (Å²) in [5, 5.41) is 11.2. The van der Waals surface area contributed by atoms with E-state index in [-0.39, 0.29) is 30.1 Å². The van der Waals surface area contributed by atoms with Gasteiger partial charge in [-0.15, -0.1) is 0 Å². The summed E-state index contributed by atoms with van der Waals surface area (Å²) >= 11 is 0. The monoisotopic (exact) mass is 315 g/mol. The van der Waals surface area contributed by atoms with Crippen molar-refractivity contribution >= 4 is 17.9 Å². The van der Waals surface area contributed by atoms with E-state index in [0.29, 0.717) is 25.9 Å². The van der Waals surface area contributed by atoms with E-state index in [4.69, 9.17) is 5.26 Å². The van der Waals surface area contributed by atoms with Gasteiger partial charge in [0.25, 0.3) is 0 Å². The van der Waals surface area contributed by atoms with Gasteiger partial charge in [0, 0.05) is 25.2 Å². The van der Waals surface area contributed by atoms with Crippen molar-refractivity contribution in [3.05, 3.63) is 41.7 Å². The molecule has 6 heteroatoms. The number of hydrogen-bond donors (Lipinski definition) is 1. The van der Waals surface area contributed by atoms with Crippen molar-refractivity contribution in [2.24, 2.45) is 0 Å². The number of rotatable bonds is 4. The first kappa shape index (κ1) is 16.7. The topological polar surface area (TPSA) is 73.2 Å². The van der Waals surface area contributed by atoms with Gasteiger partial charge in [-0.3, -0.25) is 9.59 Å². The SMILES string of the molecule is N#CCC(=O)NC1CCN(C(=O)/C=C/c2ccc(F)cc2)CC1. The second-order valence-electron chi connectivity index (χ2n) is 5.39. The quantitative estimate of drug-likeness (QED) is 0.862. The minimum Gasteiger partial charge on any atom is -0.352 e. The van der Waals surface area contributed by atoms with Crippen molar-refractivity contribution < 1.29 is 14.0 Å². The van der Waals surface area contributed by atoms with Crippen LogP contribution in [0.3, 0.4) is 0 Å². The predicted molar refractivity (Wildman–Crippen MR) is 83.4 cm³/mol. The minimum atomic E-state index is -0.311. The molecule has 0 aliphatic carbocycles. The highest BCUT2D eigenvalue weighted by Crippen LogP contribution is 2.12. The van der Waals surface area contributed by atoms with Crippen molar-refractivity contribution in [2.75, 3.05) is 13.1 Å². The molecule has 0 radical (unpaired) electrons.